The molecular formula is C29H29FN6O2S. The Labute approximate surface area is 230 Å². The fraction of sp³-hybridized carbons (Fsp3) is 0.345. The minimum absolute atomic E-state index is 0.0275. The molecule has 1 amide bonds. The van der Waals surface area contributed by atoms with Gasteiger partial charge in [-0.3, -0.25) is 4.79 Å². The van der Waals surface area contributed by atoms with Gasteiger partial charge in [0.2, 0.25) is 5.88 Å². The molecular weight excluding hydrogens is 515 g/mol. The molecule has 4 heterocycles. The van der Waals surface area contributed by atoms with E-state index in [1.54, 1.807) is 24.5 Å². The molecule has 4 aromatic rings. The van der Waals surface area contributed by atoms with Gasteiger partial charge in [-0.05, 0) is 63.1 Å². The summed E-state index contributed by atoms with van der Waals surface area (Å²) in [7, 11) is 0. The lowest BCUT2D eigenvalue weighted by Crippen LogP contribution is -2.33. The Hall–Kier alpha value is -3.76. The second-order valence-corrected chi connectivity index (χ2v) is 11.9. The molecule has 6 rings (SSSR count). The van der Waals surface area contributed by atoms with Crippen molar-refractivity contribution in [2.24, 2.45) is 17.6 Å². The van der Waals surface area contributed by atoms with E-state index >= 15 is 0 Å². The second-order valence-electron chi connectivity index (χ2n) is 10.9. The normalized spacial score (nSPS) is 20.2. The van der Waals surface area contributed by atoms with Gasteiger partial charge in [0.1, 0.15) is 16.8 Å². The molecule has 0 spiro atoms. The first-order valence-corrected chi connectivity index (χ1v) is 13.7. The highest BCUT2D eigenvalue weighted by Gasteiger charge is 2.59. The van der Waals surface area contributed by atoms with E-state index in [4.69, 9.17) is 10.5 Å². The third-order valence-corrected chi connectivity index (χ3v) is 8.50. The average molecular weight is 545 g/mol. The Morgan fingerprint density at radius 2 is 1.82 bits per heavy atom. The van der Waals surface area contributed by atoms with E-state index in [2.05, 4.69) is 19.9 Å². The summed E-state index contributed by atoms with van der Waals surface area (Å²) in [4.78, 5) is 33.4. The van der Waals surface area contributed by atoms with Crippen LogP contribution in [0.2, 0.25) is 0 Å². The number of amides is 1. The molecule has 10 heteroatoms. The van der Waals surface area contributed by atoms with E-state index in [1.165, 1.54) is 17.4 Å². The number of pyridine rings is 1. The van der Waals surface area contributed by atoms with Crippen LogP contribution >= 0.6 is 11.3 Å². The predicted octanol–water partition coefficient (Wildman–Crippen LogP) is 4.76. The van der Waals surface area contributed by atoms with Gasteiger partial charge in [0.25, 0.3) is 5.91 Å². The number of carbonyl (C=O) groups is 1. The van der Waals surface area contributed by atoms with Crippen molar-refractivity contribution in [3.63, 3.8) is 0 Å². The van der Waals surface area contributed by atoms with E-state index in [9.17, 15) is 9.18 Å². The van der Waals surface area contributed by atoms with Crippen LogP contribution < -0.4 is 10.5 Å². The van der Waals surface area contributed by atoms with E-state index in [-0.39, 0.29) is 29.7 Å². The number of thiazole rings is 1. The lowest BCUT2D eigenvalue weighted by molar-refractivity contribution is 0.0755. The Kier molecular flexibility index (Phi) is 6.19. The summed E-state index contributed by atoms with van der Waals surface area (Å²) < 4.78 is 21.1. The highest BCUT2D eigenvalue weighted by atomic mass is 32.1. The molecule has 3 aromatic heterocycles. The first-order valence-electron chi connectivity index (χ1n) is 12.9. The number of fused-ring (bicyclic) bond motifs is 1. The molecule has 8 nitrogen and oxygen atoms in total. The Morgan fingerprint density at radius 3 is 2.49 bits per heavy atom. The zero-order valence-electron chi connectivity index (χ0n) is 22.2. The lowest BCUT2D eigenvalue weighted by Gasteiger charge is -2.22. The molecule has 1 aliphatic heterocycles. The molecule has 2 atom stereocenters. The minimum Gasteiger partial charge on any atom is -0.474 e. The van der Waals surface area contributed by atoms with E-state index < -0.39 is 5.54 Å². The Balaban J connectivity index is 1.17. The fourth-order valence-corrected chi connectivity index (χ4v) is 6.08. The molecule has 39 heavy (non-hydrogen) atoms. The number of likely N-dealkylation sites (tertiary alicyclic amines) is 1. The molecule has 2 N–H and O–H groups in total. The SMILES string of the molecule is Cc1ccc(-c2cc(C(C)(C)N)cc(OC3C4CN(C(=O)c5sc(-c6ncccn6)nc5C)CC43)n2)c(F)c1. The summed E-state index contributed by atoms with van der Waals surface area (Å²) in [6.45, 7) is 8.68. The van der Waals surface area contributed by atoms with Crippen molar-refractivity contribution in [2.75, 3.05) is 13.1 Å². The molecule has 1 saturated carbocycles. The van der Waals surface area contributed by atoms with Crippen LogP contribution in [0.15, 0.2) is 48.8 Å². The third-order valence-electron chi connectivity index (χ3n) is 7.35. The van der Waals surface area contributed by atoms with Crippen molar-refractivity contribution in [3.8, 4) is 28.0 Å². The van der Waals surface area contributed by atoms with E-state index in [1.807, 2.05) is 50.8 Å². The van der Waals surface area contributed by atoms with Gasteiger partial charge in [0.05, 0.1) is 11.4 Å². The fourth-order valence-electron chi connectivity index (χ4n) is 5.10. The number of nitrogens with two attached hydrogens (primary N) is 1. The summed E-state index contributed by atoms with van der Waals surface area (Å²) in [5, 5.41) is 0.636. The van der Waals surface area contributed by atoms with Crippen molar-refractivity contribution in [3.05, 3.63) is 76.3 Å². The number of carbonyl (C=O) groups excluding carboxylic acids is 1. The van der Waals surface area contributed by atoms with Crippen LogP contribution in [0, 0.1) is 31.5 Å². The number of aryl methyl sites for hydroxylation is 2. The molecule has 0 radical (unpaired) electrons. The Morgan fingerprint density at radius 1 is 1.10 bits per heavy atom. The number of benzene rings is 1. The van der Waals surface area contributed by atoms with Crippen molar-refractivity contribution < 1.29 is 13.9 Å². The number of ether oxygens (including phenoxy) is 1. The maximum atomic E-state index is 14.8. The number of aromatic nitrogens is 4. The minimum atomic E-state index is -0.657. The van der Waals surface area contributed by atoms with Crippen molar-refractivity contribution in [1.82, 2.24) is 24.8 Å². The number of piperidine rings is 1. The van der Waals surface area contributed by atoms with Gasteiger partial charge in [-0.2, -0.15) is 0 Å². The standard InChI is InChI=1S/C29H29FN6O2S/c1-15-6-7-18(21(30)10-15)22-11-17(29(3,4)31)12-23(35-22)38-24-19-13-36(14-20(19)24)28(37)25-16(2)34-27(39-25)26-32-8-5-9-33-26/h5-12,19-20,24H,13-14,31H2,1-4H3. The highest BCUT2D eigenvalue weighted by Crippen LogP contribution is 2.48. The highest BCUT2D eigenvalue weighted by molar-refractivity contribution is 7.17. The zero-order valence-corrected chi connectivity index (χ0v) is 23.0. The van der Waals surface area contributed by atoms with E-state index in [0.29, 0.717) is 51.6 Å². The average Bonchev–Trinajstić information content (AvgIpc) is 3.21. The van der Waals surface area contributed by atoms with Gasteiger partial charge in [-0.1, -0.05) is 6.07 Å². The molecule has 0 bridgehead atoms. The molecule has 1 aliphatic carbocycles. The van der Waals surface area contributed by atoms with Gasteiger partial charge >= 0.3 is 0 Å². The number of hydrogen-bond acceptors (Lipinski definition) is 8. The van der Waals surface area contributed by atoms with Gasteiger partial charge < -0.3 is 15.4 Å². The predicted molar refractivity (Wildman–Crippen MR) is 147 cm³/mol. The first kappa shape index (κ1) is 25.5. The largest absolute Gasteiger partial charge is 0.474 e. The summed E-state index contributed by atoms with van der Waals surface area (Å²) in [5.74, 6) is 1.01. The molecule has 2 fully saturated rings. The van der Waals surface area contributed by atoms with Crippen molar-refractivity contribution >= 4 is 17.2 Å². The molecule has 1 saturated heterocycles. The topological polar surface area (TPSA) is 107 Å². The van der Waals surface area contributed by atoms with Crippen LogP contribution in [-0.2, 0) is 5.54 Å². The zero-order chi connectivity index (χ0) is 27.5. The van der Waals surface area contributed by atoms with Crippen LogP contribution in [0.5, 0.6) is 5.88 Å². The molecule has 200 valence electrons. The van der Waals surface area contributed by atoms with Crippen LogP contribution in [0.25, 0.3) is 22.1 Å². The second kappa shape index (κ2) is 9.46. The smallest absolute Gasteiger partial charge is 0.265 e. The summed E-state index contributed by atoms with van der Waals surface area (Å²) in [6.07, 6.45) is 3.27. The van der Waals surface area contributed by atoms with E-state index in [0.717, 1.165) is 11.1 Å². The number of rotatable bonds is 6. The Bertz CT molecular complexity index is 1560. The number of hydrogen-bond donors (Lipinski definition) is 1. The first-order chi connectivity index (χ1) is 18.6. The maximum absolute atomic E-state index is 14.8. The van der Waals surface area contributed by atoms with Crippen molar-refractivity contribution in [2.45, 2.75) is 39.3 Å². The van der Waals surface area contributed by atoms with Gasteiger partial charge in [-0.15, -0.1) is 11.3 Å². The van der Waals surface area contributed by atoms with Gasteiger partial charge in [0, 0.05) is 54.5 Å². The summed E-state index contributed by atoms with van der Waals surface area (Å²) >= 11 is 1.32. The van der Waals surface area contributed by atoms with Gasteiger partial charge in [-0.25, -0.2) is 24.3 Å². The summed E-state index contributed by atoms with van der Waals surface area (Å²) in [6, 6.07) is 10.5. The van der Waals surface area contributed by atoms with Crippen LogP contribution in [-0.4, -0.2) is 49.9 Å². The number of halogens is 1. The lowest BCUT2D eigenvalue weighted by atomic mass is 9.94. The quantitative estimate of drug-likeness (QED) is 0.373. The van der Waals surface area contributed by atoms with Crippen LogP contribution in [0.4, 0.5) is 4.39 Å². The van der Waals surface area contributed by atoms with Crippen molar-refractivity contribution in [1.29, 1.82) is 0 Å². The molecule has 1 aromatic carbocycles. The molecule has 2 unspecified atom stereocenters. The summed E-state index contributed by atoms with van der Waals surface area (Å²) in [5.41, 5.74) is 8.96. The number of nitrogens with zero attached hydrogens (tertiary/aromatic N) is 5. The van der Waals surface area contributed by atoms with Crippen LogP contribution in [0.1, 0.15) is 40.3 Å². The molecule has 2 aliphatic rings. The van der Waals surface area contributed by atoms with Gasteiger partial charge in [0.15, 0.2) is 10.8 Å². The van der Waals surface area contributed by atoms with Crippen LogP contribution in [0.3, 0.4) is 0 Å². The third kappa shape index (κ3) is 4.90. The maximum Gasteiger partial charge on any atom is 0.265 e. The monoisotopic (exact) mass is 544 g/mol.